The van der Waals surface area contributed by atoms with Crippen molar-refractivity contribution < 1.29 is 4.79 Å². The monoisotopic (exact) mass is 246 g/mol. The van der Waals surface area contributed by atoms with E-state index in [1.54, 1.807) is 11.8 Å². The highest BCUT2D eigenvalue weighted by molar-refractivity contribution is 8.01. The number of anilines is 1. The zero-order chi connectivity index (χ0) is 11.4. The molecule has 1 aromatic rings. The summed E-state index contributed by atoms with van der Waals surface area (Å²) in [5.74, 6) is 4.85. The van der Waals surface area contributed by atoms with E-state index in [1.165, 1.54) is 11.3 Å². The minimum absolute atomic E-state index is 0.159. The van der Waals surface area contributed by atoms with Gasteiger partial charge in [-0.15, -0.1) is 11.8 Å². The van der Waals surface area contributed by atoms with Crippen molar-refractivity contribution in [3.05, 3.63) is 5.69 Å². The van der Waals surface area contributed by atoms with Gasteiger partial charge in [-0.3, -0.25) is 10.2 Å². The highest BCUT2D eigenvalue weighted by Gasteiger charge is 2.13. The molecule has 0 aliphatic heterocycles. The van der Waals surface area contributed by atoms with Crippen molar-refractivity contribution in [2.45, 2.75) is 29.7 Å². The second-order valence-corrected chi connectivity index (χ2v) is 5.86. The van der Waals surface area contributed by atoms with E-state index in [2.05, 4.69) is 10.4 Å². The summed E-state index contributed by atoms with van der Waals surface area (Å²) in [5.41, 5.74) is 8.61. The first-order valence-corrected chi connectivity index (χ1v) is 6.11. The van der Waals surface area contributed by atoms with E-state index in [4.69, 9.17) is 11.6 Å². The number of hydrogen-bond donors (Lipinski definition) is 3. The molecule has 0 spiro atoms. The van der Waals surface area contributed by atoms with Crippen LogP contribution in [0, 0.1) is 6.92 Å². The summed E-state index contributed by atoms with van der Waals surface area (Å²) >= 11 is 3.04. The van der Waals surface area contributed by atoms with E-state index in [-0.39, 0.29) is 11.2 Å². The van der Waals surface area contributed by atoms with Gasteiger partial charge in [-0.25, -0.2) is 10.8 Å². The lowest BCUT2D eigenvalue weighted by Gasteiger charge is -2.08. The fourth-order valence-corrected chi connectivity index (χ4v) is 3.38. The number of thiazole rings is 1. The summed E-state index contributed by atoms with van der Waals surface area (Å²) in [6, 6.07) is 0. The molecule has 0 saturated carbocycles. The van der Waals surface area contributed by atoms with Crippen molar-refractivity contribution in [2.24, 2.45) is 5.84 Å². The molecule has 1 heterocycles. The molecule has 0 bridgehead atoms. The third-order valence-electron chi connectivity index (χ3n) is 1.71. The van der Waals surface area contributed by atoms with Crippen LogP contribution in [0.5, 0.6) is 0 Å². The van der Waals surface area contributed by atoms with Crippen LogP contribution in [-0.2, 0) is 4.79 Å². The average Bonchev–Trinajstić information content (AvgIpc) is 2.44. The van der Waals surface area contributed by atoms with Gasteiger partial charge in [-0.05, 0) is 6.92 Å². The summed E-state index contributed by atoms with van der Waals surface area (Å²) in [5, 5.41) is 0.720. The number of hydrazine groups is 1. The van der Waals surface area contributed by atoms with Crippen LogP contribution in [0.15, 0.2) is 4.21 Å². The van der Waals surface area contributed by atoms with Crippen molar-refractivity contribution in [2.75, 3.05) is 5.73 Å². The van der Waals surface area contributed by atoms with Gasteiger partial charge in [-0.1, -0.05) is 18.3 Å². The molecule has 0 aliphatic carbocycles. The van der Waals surface area contributed by atoms with Crippen LogP contribution in [0.25, 0.3) is 0 Å². The fourth-order valence-electron chi connectivity index (χ4n) is 1.06. The van der Waals surface area contributed by atoms with Gasteiger partial charge in [0, 0.05) is 11.7 Å². The molecular weight excluding hydrogens is 232 g/mol. The summed E-state index contributed by atoms with van der Waals surface area (Å²) in [4.78, 5) is 15.1. The second-order valence-electron chi connectivity index (χ2n) is 3.13. The molecule has 7 heteroatoms. The molecular formula is C8H14N4OS2. The van der Waals surface area contributed by atoms with Crippen molar-refractivity contribution in [3.63, 3.8) is 0 Å². The van der Waals surface area contributed by atoms with E-state index < -0.39 is 0 Å². The Morgan fingerprint density at radius 1 is 1.73 bits per heavy atom. The Balaban J connectivity index is 2.54. The summed E-state index contributed by atoms with van der Waals surface area (Å²) in [6.45, 7) is 3.88. The minimum Gasteiger partial charge on any atom is -0.375 e. The van der Waals surface area contributed by atoms with Crippen molar-refractivity contribution in [1.82, 2.24) is 10.4 Å². The number of hydrogen-bond acceptors (Lipinski definition) is 6. The smallest absolute Gasteiger partial charge is 0.234 e. The molecule has 1 atom stereocenters. The first-order valence-electron chi connectivity index (χ1n) is 4.42. The molecule has 1 aromatic heterocycles. The number of carbonyl (C=O) groups excluding carboxylic acids is 1. The molecule has 0 aliphatic rings. The maximum Gasteiger partial charge on any atom is 0.234 e. The van der Waals surface area contributed by atoms with Gasteiger partial charge in [-0.2, -0.15) is 0 Å². The Bertz CT molecular complexity index is 352. The first kappa shape index (κ1) is 12.3. The van der Waals surface area contributed by atoms with Crippen LogP contribution in [0.3, 0.4) is 0 Å². The Morgan fingerprint density at radius 3 is 2.87 bits per heavy atom. The van der Waals surface area contributed by atoms with E-state index in [1.807, 2.05) is 13.8 Å². The van der Waals surface area contributed by atoms with Gasteiger partial charge in [0.15, 0.2) is 5.13 Å². The van der Waals surface area contributed by atoms with Gasteiger partial charge >= 0.3 is 0 Å². The normalized spacial score (nSPS) is 12.5. The van der Waals surface area contributed by atoms with Crippen LogP contribution in [0.1, 0.15) is 19.0 Å². The lowest BCUT2D eigenvalue weighted by molar-refractivity contribution is -0.121. The summed E-state index contributed by atoms with van der Waals surface area (Å²) in [6.07, 6.45) is 0.387. The van der Waals surface area contributed by atoms with Crippen LogP contribution in [-0.4, -0.2) is 16.1 Å². The predicted octanol–water partition coefficient (Wildman–Crippen LogP) is 0.894. The maximum absolute atomic E-state index is 11.0. The highest BCUT2D eigenvalue weighted by Crippen LogP contribution is 2.34. The minimum atomic E-state index is -0.162. The van der Waals surface area contributed by atoms with E-state index >= 15 is 0 Å². The van der Waals surface area contributed by atoms with Gasteiger partial charge < -0.3 is 5.73 Å². The Kier molecular flexibility index (Phi) is 4.37. The molecule has 5 nitrogen and oxygen atoms in total. The lowest BCUT2D eigenvalue weighted by Crippen LogP contribution is -2.31. The standard InChI is InChI=1S/C8H14N4OS2/c1-4(3-6(13)12-10)14-7-5(2)11-8(9)15-7/h4H,3,10H2,1-2H3,(H2,9,11)(H,12,13). The molecule has 1 unspecified atom stereocenters. The zero-order valence-corrected chi connectivity index (χ0v) is 10.2. The zero-order valence-electron chi connectivity index (χ0n) is 8.61. The highest BCUT2D eigenvalue weighted by atomic mass is 32.2. The number of nitrogens with zero attached hydrogens (tertiary/aromatic N) is 1. The van der Waals surface area contributed by atoms with Gasteiger partial charge in [0.05, 0.1) is 9.90 Å². The fraction of sp³-hybridized carbons (Fsp3) is 0.500. The number of aromatic nitrogens is 1. The number of nitrogens with one attached hydrogen (secondary N) is 1. The van der Waals surface area contributed by atoms with Gasteiger partial charge in [0.25, 0.3) is 0 Å². The number of nitrogens with two attached hydrogens (primary N) is 2. The molecule has 0 radical (unpaired) electrons. The van der Waals surface area contributed by atoms with Crippen molar-refractivity contribution in [3.8, 4) is 0 Å². The Labute approximate surface area is 96.6 Å². The van der Waals surface area contributed by atoms with Crippen LogP contribution < -0.4 is 17.0 Å². The average molecular weight is 246 g/mol. The number of aryl methyl sites for hydroxylation is 1. The number of carbonyl (C=O) groups is 1. The largest absolute Gasteiger partial charge is 0.375 e. The van der Waals surface area contributed by atoms with Gasteiger partial charge in [0.1, 0.15) is 0 Å². The number of nitrogen functional groups attached to an aromatic ring is 1. The lowest BCUT2D eigenvalue weighted by atomic mass is 10.3. The summed E-state index contributed by atoms with van der Waals surface area (Å²) in [7, 11) is 0. The number of thioether (sulfide) groups is 1. The molecule has 84 valence electrons. The van der Waals surface area contributed by atoms with E-state index in [0.717, 1.165) is 9.90 Å². The molecule has 0 aromatic carbocycles. The van der Waals surface area contributed by atoms with E-state index in [0.29, 0.717) is 11.6 Å². The van der Waals surface area contributed by atoms with Crippen molar-refractivity contribution in [1.29, 1.82) is 0 Å². The van der Waals surface area contributed by atoms with Crippen LogP contribution in [0.2, 0.25) is 0 Å². The van der Waals surface area contributed by atoms with Crippen molar-refractivity contribution >= 4 is 34.1 Å². The second kappa shape index (κ2) is 5.34. The Hall–Kier alpha value is -0.790. The topological polar surface area (TPSA) is 94.0 Å². The third kappa shape index (κ3) is 3.69. The maximum atomic E-state index is 11.0. The molecule has 1 amide bonds. The van der Waals surface area contributed by atoms with Gasteiger partial charge in [0.2, 0.25) is 5.91 Å². The Morgan fingerprint density at radius 2 is 2.40 bits per heavy atom. The predicted molar refractivity (Wildman–Crippen MR) is 63.5 cm³/mol. The third-order valence-corrected chi connectivity index (χ3v) is 4.11. The molecule has 0 fully saturated rings. The van der Waals surface area contributed by atoms with Crippen LogP contribution >= 0.6 is 23.1 Å². The van der Waals surface area contributed by atoms with E-state index in [9.17, 15) is 4.79 Å². The van der Waals surface area contributed by atoms with Crippen LogP contribution in [0.4, 0.5) is 5.13 Å². The molecule has 1 rings (SSSR count). The number of rotatable bonds is 4. The first-order chi connectivity index (χ1) is 7.02. The SMILES string of the molecule is Cc1nc(N)sc1SC(C)CC(=O)NN. The molecule has 5 N–H and O–H groups in total. The quantitative estimate of drug-likeness (QED) is 0.317. The number of amides is 1. The summed E-state index contributed by atoms with van der Waals surface area (Å²) < 4.78 is 1.06. The molecule has 15 heavy (non-hydrogen) atoms. The molecule has 0 saturated heterocycles.